The average molecular weight is 186 g/mol. The molecule has 0 atom stereocenters. The molecule has 0 amide bonds. The molecule has 1 aliphatic rings. The highest BCUT2D eigenvalue weighted by molar-refractivity contribution is 5.77. The van der Waals surface area contributed by atoms with E-state index in [9.17, 15) is 4.79 Å². The van der Waals surface area contributed by atoms with E-state index in [4.69, 9.17) is 5.11 Å². The van der Waals surface area contributed by atoms with Crippen molar-refractivity contribution in [1.29, 1.82) is 0 Å². The third-order valence-electron chi connectivity index (χ3n) is 2.36. The number of carbonyl (C=O) groups excluding carboxylic acids is 1. The fourth-order valence-electron chi connectivity index (χ4n) is 1.33. The van der Waals surface area contributed by atoms with Crippen molar-refractivity contribution in [3.8, 4) is 0 Å². The van der Waals surface area contributed by atoms with Crippen LogP contribution in [0.1, 0.15) is 58.8 Å². The van der Waals surface area contributed by atoms with Gasteiger partial charge >= 0.3 is 0 Å². The summed E-state index contributed by atoms with van der Waals surface area (Å²) in [4.78, 5) is 10.2. The molecule has 0 unspecified atom stereocenters. The summed E-state index contributed by atoms with van der Waals surface area (Å²) in [5.41, 5.74) is 0. The van der Waals surface area contributed by atoms with E-state index in [1.54, 1.807) is 0 Å². The van der Waals surface area contributed by atoms with Crippen LogP contribution < -0.4 is 0 Å². The first kappa shape index (κ1) is 12.6. The molecule has 0 aromatic heterocycles. The van der Waals surface area contributed by atoms with Gasteiger partial charge in [0.15, 0.2) is 0 Å². The summed E-state index contributed by atoms with van der Waals surface area (Å²) in [5.74, 6) is 0.343. The second-order valence-corrected chi connectivity index (χ2v) is 3.54. The van der Waals surface area contributed by atoms with E-state index in [-0.39, 0.29) is 6.10 Å². The van der Waals surface area contributed by atoms with Crippen LogP contribution in [0.25, 0.3) is 0 Å². The summed E-state index contributed by atoms with van der Waals surface area (Å²) in [7, 11) is 0. The van der Waals surface area contributed by atoms with E-state index >= 15 is 0 Å². The van der Waals surface area contributed by atoms with Gasteiger partial charge in [0.1, 0.15) is 5.78 Å². The van der Waals surface area contributed by atoms with Crippen molar-refractivity contribution in [1.82, 2.24) is 0 Å². The lowest BCUT2D eigenvalue weighted by molar-refractivity contribution is -0.118. The molecular formula is C11H22O2. The summed E-state index contributed by atoms with van der Waals surface area (Å²) in [6.07, 6.45) is 7.31. The molecule has 0 aliphatic heterocycles. The largest absolute Gasteiger partial charge is 0.393 e. The van der Waals surface area contributed by atoms with Crippen LogP contribution in [0.5, 0.6) is 0 Å². The minimum Gasteiger partial charge on any atom is -0.393 e. The van der Waals surface area contributed by atoms with Crippen molar-refractivity contribution in [2.75, 3.05) is 0 Å². The first-order chi connectivity index (χ1) is 6.20. The number of hydrogen-bond donors (Lipinski definition) is 1. The zero-order chi connectivity index (χ0) is 10.1. The van der Waals surface area contributed by atoms with Gasteiger partial charge in [0.2, 0.25) is 0 Å². The van der Waals surface area contributed by atoms with Gasteiger partial charge in [-0.25, -0.2) is 0 Å². The Bertz CT molecular complexity index is 120. The van der Waals surface area contributed by atoms with Gasteiger partial charge in [0.25, 0.3) is 0 Å². The molecule has 1 rings (SSSR count). The molecule has 78 valence electrons. The maximum absolute atomic E-state index is 10.2. The van der Waals surface area contributed by atoms with Crippen molar-refractivity contribution in [3.63, 3.8) is 0 Å². The van der Waals surface area contributed by atoms with Crippen LogP contribution in [0.15, 0.2) is 0 Å². The van der Waals surface area contributed by atoms with E-state index in [1.165, 1.54) is 19.3 Å². The zero-order valence-corrected chi connectivity index (χ0v) is 8.88. The molecule has 2 heteroatoms. The maximum atomic E-state index is 10.2. The summed E-state index contributed by atoms with van der Waals surface area (Å²) >= 11 is 0. The van der Waals surface area contributed by atoms with Crippen molar-refractivity contribution >= 4 is 5.78 Å². The molecule has 0 aromatic carbocycles. The Kier molecular flexibility index (Phi) is 8.00. The highest BCUT2D eigenvalue weighted by Crippen LogP contribution is 2.16. The van der Waals surface area contributed by atoms with Crippen LogP contribution in [0, 0.1) is 0 Å². The average Bonchev–Trinajstić information content (AvgIpc) is 2.19. The number of aliphatic hydroxyl groups is 1. The van der Waals surface area contributed by atoms with Crippen molar-refractivity contribution in [3.05, 3.63) is 0 Å². The Hall–Kier alpha value is -0.370. The predicted molar refractivity (Wildman–Crippen MR) is 54.7 cm³/mol. The predicted octanol–water partition coefficient (Wildman–Crippen LogP) is 2.69. The zero-order valence-electron chi connectivity index (χ0n) is 8.88. The Labute approximate surface area is 81.3 Å². The maximum Gasteiger partial charge on any atom is 0.132 e. The van der Waals surface area contributed by atoms with Crippen molar-refractivity contribution < 1.29 is 9.90 Å². The molecule has 2 nitrogen and oxygen atoms in total. The van der Waals surface area contributed by atoms with Gasteiger partial charge in [-0.05, 0) is 12.8 Å². The van der Waals surface area contributed by atoms with E-state index in [1.807, 2.05) is 13.8 Å². The standard InChI is InChI=1S/C6H12O.C5H10O/c7-6-4-2-1-3-5-6;1-3-5(6)4-2/h6-7H,1-5H2;3-4H2,1-2H3. The van der Waals surface area contributed by atoms with Crippen LogP contribution in [0.2, 0.25) is 0 Å². The first-order valence-electron chi connectivity index (χ1n) is 5.40. The van der Waals surface area contributed by atoms with Crippen LogP contribution in [-0.4, -0.2) is 17.0 Å². The molecule has 13 heavy (non-hydrogen) atoms. The highest BCUT2D eigenvalue weighted by atomic mass is 16.3. The number of hydrogen-bond acceptors (Lipinski definition) is 2. The molecule has 1 saturated carbocycles. The van der Waals surface area contributed by atoms with Gasteiger partial charge in [-0.2, -0.15) is 0 Å². The molecule has 1 fully saturated rings. The Morgan fingerprint density at radius 2 is 1.62 bits per heavy atom. The van der Waals surface area contributed by atoms with Crippen LogP contribution in [0.3, 0.4) is 0 Å². The van der Waals surface area contributed by atoms with E-state index in [0.29, 0.717) is 18.6 Å². The summed E-state index contributed by atoms with van der Waals surface area (Å²) < 4.78 is 0. The number of aliphatic hydroxyl groups excluding tert-OH is 1. The smallest absolute Gasteiger partial charge is 0.132 e. The third-order valence-corrected chi connectivity index (χ3v) is 2.36. The Morgan fingerprint density at radius 1 is 1.15 bits per heavy atom. The second kappa shape index (κ2) is 8.24. The third kappa shape index (κ3) is 7.97. The first-order valence-corrected chi connectivity index (χ1v) is 5.40. The van der Waals surface area contributed by atoms with E-state index in [0.717, 1.165) is 12.8 Å². The Balaban J connectivity index is 0.000000226. The van der Waals surface area contributed by atoms with Gasteiger partial charge in [0, 0.05) is 12.8 Å². The van der Waals surface area contributed by atoms with Crippen LogP contribution in [-0.2, 0) is 4.79 Å². The van der Waals surface area contributed by atoms with Gasteiger partial charge in [-0.3, -0.25) is 4.79 Å². The molecule has 1 aliphatic carbocycles. The molecule has 0 aromatic rings. The van der Waals surface area contributed by atoms with E-state index in [2.05, 4.69) is 0 Å². The summed E-state index contributed by atoms with van der Waals surface area (Å²) in [6.45, 7) is 3.76. The number of Topliss-reactive ketones (excluding diaryl/α,β-unsaturated/α-hetero) is 1. The Morgan fingerprint density at radius 3 is 1.77 bits per heavy atom. The van der Waals surface area contributed by atoms with E-state index < -0.39 is 0 Å². The minimum atomic E-state index is 0.0359. The van der Waals surface area contributed by atoms with Crippen LogP contribution >= 0.6 is 0 Å². The number of rotatable bonds is 2. The molecule has 0 saturated heterocycles. The van der Waals surface area contributed by atoms with Crippen LogP contribution in [0.4, 0.5) is 0 Å². The fraction of sp³-hybridized carbons (Fsp3) is 0.909. The monoisotopic (exact) mass is 186 g/mol. The molecule has 0 heterocycles. The lowest BCUT2D eigenvalue weighted by Gasteiger charge is -2.14. The lowest BCUT2D eigenvalue weighted by atomic mass is 9.98. The molecule has 0 spiro atoms. The summed E-state index contributed by atoms with van der Waals surface area (Å²) in [6, 6.07) is 0. The van der Waals surface area contributed by atoms with Gasteiger partial charge in [-0.15, -0.1) is 0 Å². The topological polar surface area (TPSA) is 37.3 Å². The van der Waals surface area contributed by atoms with Gasteiger partial charge in [0.05, 0.1) is 6.10 Å². The SMILES string of the molecule is CCC(=O)CC.OC1CCCCC1. The molecular weight excluding hydrogens is 164 g/mol. The summed E-state index contributed by atoms with van der Waals surface area (Å²) in [5, 5.41) is 8.91. The molecule has 1 N–H and O–H groups in total. The number of carbonyl (C=O) groups is 1. The molecule has 0 bridgehead atoms. The molecule has 0 radical (unpaired) electrons. The highest BCUT2D eigenvalue weighted by Gasteiger charge is 2.07. The number of ketones is 1. The van der Waals surface area contributed by atoms with Gasteiger partial charge < -0.3 is 5.11 Å². The van der Waals surface area contributed by atoms with Crippen molar-refractivity contribution in [2.24, 2.45) is 0 Å². The quantitative estimate of drug-likeness (QED) is 0.720. The van der Waals surface area contributed by atoms with Crippen molar-refractivity contribution in [2.45, 2.75) is 64.9 Å². The minimum absolute atomic E-state index is 0.0359. The fourth-order valence-corrected chi connectivity index (χ4v) is 1.33. The second-order valence-electron chi connectivity index (χ2n) is 3.54. The van der Waals surface area contributed by atoms with Gasteiger partial charge in [-0.1, -0.05) is 33.1 Å². The lowest BCUT2D eigenvalue weighted by Crippen LogP contribution is -2.09. The normalized spacial score (nSPS) is 17.5.